The summed E-state index contributed by atoms with van der Waals surface area (Å²) in [4.78, 5) is 0. The number of halogens is 1. The van der Waals surface area contributed by atoms with Gasteiger partial charge in [-0.2, -0.15) is 5.10 Å². The molecule has 0 spiro atoms. The summed E-state index contributed by atoms with van der Waals surface area (Å²) >= 11 is 3.52. The first-order valence-corrected chi connectivity index (χ1v) is 6.36. The lowest BCUT2D eigenvalue weighted by Gasteiger charge is -2.08. The van der Waals surface area contributed by atoms with E-state index >= 15 is 0 Å². The highest BCUT2D eigenvalue weighted by atomic mass is 79.9. The lowest BCUT2D eigenvalue weighted by Crippen LogP contribution is -2.01. The highest BCUT2D eigenvalue weighted by Crippen LogP contribution is 2.28. The molecule has 4 nitrogen and oxygen atoms in total. The lowest BCUT2D eigenvalue weighted by molar-refractivity contribution is 0.453. The predicted molar refractivity (Wildman–Crippen MR) is 73.6 cm³/mol. The van der Waals surface area contributed by atoms with Crippen molar-refractivity contribution in [2.75, 3.05) is 0 Å². The van der Waals surface area contributed by atoms with Gasteiger partial charge in [-0.1, -0.05) is 15.9 Å². The van der Waals surface area contributed by atoms with Crippen molar-refractivity contribution in [1.82, 2.24) is 10.2 Å². The zero-order valence-electron chi connectivity index (χ0n) is 10.3. The van der Waals surface area contributed by atoms with Gasteiger partial charge in [-0.15, -0.1) is 5.10 Å². The minimum absolute atomic E-state index is 0.379. The molecule has 0 fully saturated rings. The summed E-state index contributed by atoms with van der Waals surface area (Å²) in [6.07, 6.45) is 0. The van der Waals surface area contributed by atoms with Gasteiger partial charge in [-0.3, -0.25) is 0 Å². The summed E-state index contributed by atoms with van der Waals surface area (Å²) in [7, 11) is 0. The zero-order chi connectivity index (χ0) is 13.1. The van der Waals surface area contributed by atoms with Crippen LogP contribution in [0.2, 0.25) is 0 Å². The van der Waals surface area contributed by atoms with Gasteiger partial charge in [0.2, 0.25) is 5.88 Å². The molecule has 0 radical (unpaired) electrons. The fraction of sp³-hybridized carbons (Fsp3) is 0.231. The van der Waals surface area contributed by atoms with E-state index in [1.54, 1.807) is 12.1 Å². The van der Waals surface area contributed by atoms with Gasteiger partial charge in [-0.05, 0) is 43.2 Å². The van der Waals surface area contributed by atoms with Crippen LogP contribution >= 0.6 is 15.9 Å². The van der Waals surface area contributed by atoms with Crippen LogP contribution in [0.15, 0.2) is 28.7 Å². The van der Waals surface area contributed by atoms with Gasteiger partial charge in [0.05, 0.1) is 5.69 Å². The summed E-state index contributed by atoms with van der Waals surface area (Å²) in [5.41, 5.74) is 8.45. The monoisotopic (exact) mass is 307 g/mol. The van der Waals surface area contributed by atoms with Crippen molar-refractivity contribution in [3.63, 3.8) is 0 Å². The smallest absolute Gasteiger partial charge is 0.238 e. The van der Waals surface area contributed by atoms with Gasteiger partial charge in [-0.25, -0.2) is 0 Å². The maximum absolute atomic E-state index is 5.66. The van der Waals surface area contributed by atoms with E-state index in [0.717, 1.165) is 27.0 Å². The first-order valence-electron chi connectivity index (χ1n) is 5.57. The Labute approximate surface area is 114 Å². The first kappa shape index (κ1) is 13.0. The normalized spacial score (nSPS) is 10.4. The van der Waals surface area contributed by atoms with Crippen LogP contribution in [0, 0.1) is 13.8 Å². The van der Waals surface area contributed by atoms with E-state index in [4.69, 9.17) is 10.5 Å². The van der Waals surface area contributed by atoms with Crippen LogP contribution in [0.25, 0.3) is 0 Å². The molecule has 1 aromatic heterocycles. The maximum atomic E-state index is 5.66. The van der Waals surface area contributed by atoms with Crippen molar-refractivity contribution < 1.29 is 4.74 Å². The second kappa shape index (κ2) is 5.46. The van der Waals surface area contributed by atoms with Crippen molar-refractivity contribution in [3.8, 4) is 11.6 Å². The number of hydrogen-bond acceptors (Lipinski definition) is 4. The summed E-state index contributed by atoms with van der Waals surface area (Å²) in [5.74, 6) is 1.22. The van der Waals surface area contributed by atoms with Gasteiger partial charge >= 0.3 is 0 Å². The molecule has 5 heteroatoms. The molecule has 0 aliphatic rings. The van der Waals surface area contributed by atoms with E-state index in [1.807, 2.05) is 26.0 Å². The molecule has 0 saturated carbocycles. The quantitative estimate of drug-likeness (QED) is 0.946. The number of nitrogens with two attached hydrogens (primary N) is 1. The summed E-state index contributed by atoms with van der Waals surface area (Å²) in [6.45, 7) is 4.42. The topological polar surface area (TPSA) is 61.0 Å². The molecule has 0 atom stereocenters. The molecule has 0 unspecified atom stereocenters. The molecule has 1 aromatic carbocycles. The molecule has 18 heavy (non-hydrogen) atoms. The molecule has 0 saturated heterocycles. The van der Waals surface area contributed by atoms with E-state index in [2.05, 4.69) is 26.1 Å². The van der Waals surface area contributed by atoms with E-state index in [1.165, 1.54) is 0 Å². The standard InChI is InChI=1S/C13H14BrN3O/c1-8-5-11(6-9(2)13(8)14)18-12-4-3-10(7-15)16-17-12/h3-6H,7,15H2,1-2H3. The average molecular weight is 308 g/mol. The molecule has 2 rings (SSSR count). The molecule has 2 N–H and O–H groups in total. The van der Waals surface area contributed by atoms with Crippen molar-refractivity contribution >= 4 is 15.9 Å². The van der Waals surface area contributed by atoms with Gasteiger partial charge in [0.1, 0.15) is 5.75 Å². The molecule has 94 valence electrons. The fourth-order valence-electron chi connectivity index (χ4n) is 1.60. The molecule has 0 bridgehead atoms. The number of aromatic nitrogens is 2. The van der Waals surface area contributed by atoms with Gasteiger partial charge in [0.15, 0.2) is 0 Å². The Morgan fingerprint density at radius 2 is 1.83 bits per heavy atom. The van der Waals surface area contributed by atoms with E-state index < -0.39 is 0 Å². The van der Waals surface area contributed by atoms with E-state index in [9.17, 15) is 0 Å². The van der Waals surface area contributed by atoms with Gasteiger partial charge in [0, 0.05) is 17.1 Å². The van der Waals surface area contributed by atoms with E-state index in [0.29, 0.717) is 12.4 Å². The summed E-state index contributed by atoms with van der Waals surface area (Å²) in [5, 5.41) is 7.91. The van der Waals surface area contributed by atoms with Crippen LogP contribution in [0.3, 0.4) is 0 Å². The molecule has 2 aromatic rings. The number of rotatable bonds is 3. The molecule has 1 heterocycles. The van der Waals surface area contributed by atoms with Crippen LogP contribution in [-0.2, 0) is 6.54 Å². The largest absolute Gasteiger partial charge is 0.438 e. The summed E-state index contributed by atoms with van der Waals surface area (Å²) < 4.78 is 6.76. The third-order valence-electron chi connectivity index (χ3n) is 2.54. The number of aryl methyl sites for hydroxylation is 2. The number of benzene rings is 1. The third-order valence-corrected chi connectivity index (χ3v) is 3.79. The SMILES string of the molecule is Cc1cc(Oc2ccc(CN)nn2)cc(C)c1Br. The van der Waals surface area contributed by atoms with E-state index in [-0.39, 0.29) is 0 Å². The Kier molecular flexibility index (Phi) is 3.93. The second-order valence-electron chi connectivity index (χ2n) is 4.04. The Balaban J connectivity index is 2.23. The Hall–Kier alpha value is -1.46. The van der Waals surface area contributed by atoms with Crippen LogP contribution < -0.4 is 10.5 Å². The third kappa shape index (κ3) is 2.86. The highest BCUT2D eigenvalue weighted by molar-refractivity contribution is 9.10. The minimum atomic E-state index is 0.379. The number of ether oxygens (including phenoxy) is 1. The van der Waals surface area contributed by atoms with Crippen molar-refractivity contribution in [2.24, 2.45) is 5.73 Å². The zero-order valence-corrected chi connectivity index (χ0v) is 11.9. The fourth-order valence-corrected chi connectivity index (χ4v) is 1.83. The number of nitrogens with zero attached hydrogens (tertiary/aromatic N) is 2. The molecule has 0 amide bonds. The second-order valence-corrected chi connectivity index (χ2v) is 4.83. The van der Waals surface area contributed by atoms with Crippen LogP contribution in [0.1, 0.15) is 16.8 Å². The predicted octanol–water partition coefficient (Wildman–Crippen LogP) is 3.11. The molecular formula is C13H14BrN3O. The molecular weight excluding hydrogens is 294 g/mol. The number of hydrogen-bond donors (Lipinski definition) is 1. The average Bonchev–Trinajstić information content (AvgIpc) is 2.37. The van der Waals surface area contributed by atoms with Crippen molar-refractivity contribution in [2.45, 2.75) is 20.4 Å². The lowest BCUT2D eigenvalue weighted by atomic mass is 10.1. The van der Waals surface area contributed by atoms with Crippen molar-refractivity contribution in [1.29, 1.82) is 0 Å². The Morgan fingerprint density at radius 3 is 2.33 bits per heavy atom. The first-order chi connectivity index (χ1) is 8.60. The Bertz CT molecular complexity index is 532. The van der Waals surface area contributed by atoms with Crippen LogP contribution in [0.5, 0.6) is 11.6 Å². The molecule has 0 aliphatic carbocycles. The minimum Gasteiger partial charge on any atom is -0.438 e. The molecule has 0 aliphatic heterocycles. The Morgan fingerprint density at radius 1 is 1.17 bits per heavy atom. The maximum Gasteiger partial charge on any atom is 0.238 e. The van der Waals surface area contributed by atoms with Crippen LogP contribution in [0.4, 0.5) is 0 Å². The van der Waals surface area contributed by atoms with Crippen molar-refractivity contribution in [3.05, 3.63) is 45.6 Å². The highest BCUT2D eigenvalue weighted by Gasteiger charge is 2.05. The summed E-state index contributed by atoms with van der Waals surface area (Å²) in [6, 6.07) is 7.48. The van der Waals surface area contributed by atoms with Crippen LogP contribution in [-0.4, -0.2) is 10.2 Å². The van der Waals surface area contributed by atoms with Gasteiger partial charge in [0.25, 0.3) is 0 Å². The van der Waals surface area contributed by atoms with Gasteiger partial charge < -0.3 is 10.5 Å².